The van der Waals surface area contributed by atoms with E-state index in [-0.39, 0.29) is 30.0 Å². The van der Waals surface area contributed by atoms with E-state index in [0.29, 0.717) is 4.57 Å². The van der Waals surface area contributed by atoms with E-state index in [9.17, 15) is 27.6 Å². The Labute approximate surface area is 129 Å². The molecule has 1 rings (SSSR count). The number of rotatable bonds is 7. The Kier molecular flexibility index (Phi) is 6.13. The standard InChI is InChI=1S/C13H18F3N3O4/c1-7(2)5-8-9(6-10(17)20)18-12(22)19(11(8)21)3-4-23-13(14,15)16/h7H,3-6H2,1-2H3,(H2,17,20)(H,18,22). The molecular weight excluding hydrogens is 319 g/mol. The Morgan fingerprint density at radius 3 is 2.43 bits per heavy atom. The highest BCUT2D eigenvalue weighted by atomic mass is 19.4. The van der Waals surface area contributed by atoms with Gasteiger partial charge in [0.1, 0.15) is 0 Å². The van der Waals surface area contributed by atoms with Crippen LogP contribution >= 0.6 is 0 Å². The predicted molar refractivity (Wildman–Crippen MR) is 74.8 cm³/mol. The molecule has 0 fully saturated rings. The highest BCUT2D eigenvalue weighted by molar-refractivity contribution is 5.76. The summed E-state index contributed by atoms with van der Waals surface area (Å²) in [5.74, 6) is -0.705. The van der Waals surface area contributed by atoms with Gasteiger partial charge in [0.25, 0.3) is 5.56 Å². The average Bonchev–Trinajstić information content (AvgIpc) is 2.36. The second-order valence-electron chi connectivity index (χ2n) is 5.38. The van der Waals surface area contributed by atoms with Gasteiger partial charge >= 0.3 is 12.1 Å². The lowest BCUT2D eigenvalue weighted by Gasteiger charge is -2.13. The molecule has 0 radical (unpaired) electrons. The van der Waals surface area contributed by atoms with Crippen molar-refractivity contribution in [1.82, 2.24) is 9.55 Å². The fraction of sp³-hybridized carbons (Fsp3) is 0.615. The molecule has 3 N–H and O–H groups in total. The molecule has 0 saturated heterocycles. The second-order valence-corrected chi connectivity index (χ2v) is 5.38. The number of nitrogens with one attached hydrogen (secondary N) is 1. The first-order chi connectivity index (χ1) is 10.5. The Hall–Kier alpha value is -2.10. The summed E-state index contributed by atoms with van der Waals surface area (Å²) in [6.45, 7) is 2.20. The van der Waals surface area contributed by atoms with Crippen molar-refractivity contribution >= 4 is 5.91 Å². The number of nitrogens with zero attached hydrogens (tertiary/aromatic N) is 1. The number of ether oxygens (including phenoxy) is 1. The van der Waals surface area contributed by atoms with Crippen molar-refractivity contribution in [2.24, 2.45) is 11.7 Å². The number of halogens is 3. The maximum Gasteiger partial charge on any atom is 0.522 e. The van der Waals surface area contributed by atoms with Crippen molar-refractivity contribution in [3.63, 3.8) is 0 Å². The van der Waals surface area contributed by atoms with E-state index < -0.39 is 36.7 Å². The molecule has 0 unspecified atom stereocenters. The normalized spacial score (nSPS) is 11.9. The van der Waals surface area contributed by atoms with Crippen LogP contribution in [0.4, 0.5) is 13.2 Å². The molecule has 0 saturated carbocycles. The number of aromatic amines is 1. The molecule has 1 aromatic rings. The van der Waals surface area contributed by atoms with Crippen LogP contribution in [0.1, 0.15) is 25.1 Å². The van der Waals surface area contributed by atoms with Crippen molar-refractivity contribution in [1.29, 1.82) is 0 Å². The van der Waals surface area contributed by atoms with Gasteiger partial charge in [0.05, 0.1) is 19.6 Å². The molecule has 0 aliphatic heterocycles. The van der Waals surface area contributed by atoms with Crippen LogP contribution in [0, 0.1) is 5.92 Å². The largest absolute Gasteiger partial charge is 0.522 e. The smallest absolute Gasteiger partial charge is 0.369 e. The van der Waals surface area contributed by atoms with Crippen molar-refractivity contribution < 1.29 is 22.7 Å². The fourth-order valence-electron chi connectivity index (χ4n) is 2.06. The van der Waals surface area contributed by atoms with Gasteiger partial charge in [-0.3, -0.25) is 18.9 Å². The SMILES string of the molecule is CC(C)Cc1c(CC(N)=O)[nH]c(=O)n(CCOC(F)(F)F)c1=O. The summed E-state index contributed by atoms with van der Waals surface area (Å²) in [7, 11) is 0. The molecular formula is C13H18F3N3O4. The first kappa shape index (κ1) is 18.9. The first-order valence-electron chi connectivity index (χ1n) is 6.85. The van der Waals surface area contributed by atoms with Crippen LogP contribution in [0.15, 0.2) is 9.59 Å². The zero-order chi connectivity index (χ0) is 17.8. The van der Waals surface area contributed by atoms with Gasteiger partial charge in [0, 0.05) is 11.3 Å². The zero-order valence-electron chi connectivity index (χ0n) is 12.7. The first-order valence-corrected chi connectivity index (χ1v) is 6.85. The summed E-state index contributed by atoms with van der Waals surface area (Å²) < 4.78 is 40.1. The maximum atomic E-state index is 12.3. The molecule has 0 atom stereocenters. The van der Waals surface area contributed by atoms with Gasteiger partial charge in [-0.2, -0.15) is 0 Å². The van der Waals surface area contributed by atoms with Crippen LogP contribution in [0.2, 0.25) is 0 Å². The van der Waals surface area contributed by atoms with E-state index in [1.165, 1.54) is 0 Å². The quantitative estimate of drug-likeness (QED) is 0.746. The Bertz CT molecular complexity index is 677. The van der Waals surface area contributed by atoms with Crippen molar-refractivity contribution in [2.45, 2.75) is 39.6 Å². The lowest BCUT2D eigenvalue weighted by atomic mass is 10.0. The van der Waals surface area contributed by atoms with Crippen molar-refractivity contribution in [2.75, 3.05) is 6.61 Å². The van der Waals surface area contributed by atoms with Crippen LogP contribution in [0.5, 0.6) is 0 Å². The van der Waals surface area contributed by atoms with Crippen molar-refractivity contribution in [3.8, 4) is 0 Å². The summed E-state index contributed by atoms with van der Waals surface area (Å²) in [5.41, 5.74) is 3.67. The molecule has 0 aliphatic carbocycles. The number of primary amides is 1. The van der Waals surface area contributed by atoms with Gasteiger partial charge in [0.15, 0.2) is 0 Å². The lowest BCUT2D eigenvalue weighted by molar-refractivity contribution is -0.325. The Morgan fingerprint density at radius 2 is 1.96 bits per heavy atom. The number of alkyl halides is 3. The summed E-state index contributed by atoms with van der Waals surface area (Å²) >= 11 is 0. The molecule has 0 aliphatic rings. The monoisotopic (exact) mass is 337 g/mol. The van der Waals surface area contributed by atoms with Crippen molar-refractivity contribution in [3.05, 3.63) is 32.1 Å². The minimum atomic E-state index is -4.84. The molecule has 7 nitrogen and oxygen atoms in total. The van der Waals surface area contributed by atoms with Gasteiger partial charge in [-0.1, -0.05) is 13.8 Å². The molecule has 0 aromatic carbocycles. The summed E-state index contributed by atoms with van der Waals surface area (Å²) in [6.07, 6.45) is -4.92. The molecule has 1 aromatic heterocycles. The number of carbonyl (C=O) groups is 1. The van der Waals surface area contributed by atoms with E-state index in [4.69, 9.17) is 5.73 Å². The number of aromatic nitrogens is 2. The number of H-pyrrole nitrogens is 1. The Morgan fingerprint density at radius 1 is 1.35 bits per heavy atom. The van der Waals surface area contributed by atoms with E-state index >= 15 is 0 Å². The van der Waals surface area contributed by atoms with Crippen LogP contribution in [-0.2, 0) is 28.9 Å². The minimum Gasteiger partial charge on any atom is -0.369 e. The second kappa shape index (κ2) is 7.44. The van der Waals surface area contributed by atoms with Crippen LogP contribution < -0.4 is 17.0 Å². The molecule has 130 valence electrons. The van der Waals surface area contributed by atoms with E-state index in [1.54, 1.807) is 0 Å². The van der Waals surface area contributed by atoms with E-state index in [0.717, 1.165) is 0 Å². The lowest BCUT2D eigenvalue weighted by Crippen LogP contribution is -2.41. The average molecular weight is 337 g/mol. The third kappa shape index (κ3) is 5.89. The third-order valence-corrected chi connectivity index (χ3v) is 2.91. The summed E-state index contributed by atoms with van der Waals surface area (Å²) in [6, 6.07) is 0. The topological polar surface area (TPSA) is 107 Å². The van der Waals surface area contributed by atoms with Crippen LogP contribution in [-0.4, -0.2) is 28.4 Å². The highest BCUT2D eigenvalue weighted by Crippen LogP contribution is 2.15. The number of carbonyl (C=O) groups excluding carboxylic acids is 1. The van der Waals surface area contributed by atoms with Gasteiger partial charge < -0.3 is 10.7 Å². The molecule has 0 spiro atoms. The van der Waals surface area contributed by atoms with Gasteiger partial charge in [0.2, 0.25) is 5.91 Å². The number of hydrogen-bond acceptors (Lipinski definition) is 4. The number of hydrogen-bond donors (Lipinski definition) is 2. The zero-order valence-corrected chi connectivity index (χ0v) is 12.7. The van der Waals surface area contributed by atoms with E-state index in [2.05, 4.69) is 9.72 Å². The van der Waals surface area contributed by atoms with Gasteiger partial charge in [-0.25, -0.2) is 4.79 Å². The van der Waals surface area contributed by atoms with Gasteiger partial charge in [-0.05, 0) is 12.3 Å². The van der Waals surface area contributed by atoms with Crippen LogP contribution in [0.3, 0.4) is 0 Å². The fourth-order valence-corrected chi connectivity index (χ4v) is 2.06. The maximum absolute atomic E-state index is 12.3. The summed E-state index contributed by atoms with van der Waals surface area (Å²) in [4.78, 5) is 37.6. The highest BCUT2D eigenvalue weighted by Gasteiger charge is 2.29. The van der Waals surface area contributed by atoms with Gasteiger partial charge in [-0.15, -0.1) is 13.2 Å². The molecule has 23 heavy (non-hydrogen) atoms. The molecule has 1 amide bonds. The molecule has 10 heteroatoms. The third-order valence-electron chi connectivity index (χ3n) is 2.91. The minimum absolute atomic E-state index is 0.0279. The summed E-state index contributed by atoms with van der Waals surface area (Å²) in [5, 5.41) is 0. The Balaban J connectivity index is 3.19. The van der Waals surface area contributed by atoms with E-state index in [1.807, 2.05) is 13.8 Å². The molecule has 1 heterocycles. The number of nitrogens with two attached hydrogens (primary N) is 1. The van der Waals surface area contributed by atoms with Crippen LogP contribution in [0.25, 0.3) is 0 Å². The molecule has 0 bridgehead atoms. The predicted octanol–water partition coefficient (Wildman–Crippen LogP) is 0.299. The number of amides is 1.